The fourth-order valence-corrected chi connectivity index (χ4v) is 3.33. The number of hydrogen-bond acceptors (Lipinski definition) is 4. The number of aryl methyl sites for hydroxylation is 1. The fraction of sp³-hybridized carbons (Fsp3) is 0.222. The minimum Gasteiger partial charge on any atom is -0.366 e. The Balaban J connectivity index is 1.78. The second-order valence-electron chi connectivity index (χ2n) is 6.09. The van der Waals surface area contributed by atoms with Crippen LogP contribution < -0.4 is 11.1 Å². The van der Waals surface area contributed by atoms with Crippen LogP contribution in [0, 0.1) is 12.7 Å². The number of aromatic nitrogens is 3. The largest absolute Gasteiger partial charge is 0.366 e. The van der Waals surface area contributed by atoms with Crippen LogP contribution in [0.4, 0.5) is 16.3 Å². The van der Waals surface area contributed by atoms with Crippen molar-refractivity contribution < 1.29 is 4.39 Å². The molecule has 6 heteroatoms. The van der Waals surface area contributed by atoms with E-state index in [0.29, 0.717) is 5.95 Å². The van der Waals surface area contributed by atoms with Gasteiger partial charge < -0.3 is 11.1 Å². The number of anilines is 2. The Bertz CT molecular complexity index is 871. The van der Waals surface area contributed by atoms with Crippen LogP contribution in [0.2, 0.25) is 0 Å². The maximum Gasteiger partial charge on any atom is 0.241 e. The molecule has 2 heterocycles. The average molecular weight is 323 g/mol. The molecule has 5 nitrogen and oxygen atoms in total. The molecule has 1 aliphatic rings. The van der Waals surface area contributed by atoms with Gasteiger partial charge in [-0.2, -0.15) is 4.98 Å². The summed E-state index contributed by atoms with van der Waals surface area (Å²) in [6, 6.07) is 14.9. The van der Waals surface area contributed by atoms with Crippen LogP contribution in [0.15, 0.2) is 48.5 Å². The second kappa shape index (κ2) is 5.63. The maximum atomic E-state index is 13.2. The zero-order valence-corrected chi connectivity index (χ0v) is 13.3. The van der Waals surface area contributed by atoms with Gasteiger partial charge >= 0.3 is 0 Å². The molecule has 3 N–H and O–H groups in total. The zero-order valence-electron chi connectivity index (χ0n) is 13.3. The highest BCUT2D eigenvalue weighted by Gasteiger charge is 2.31. The first-order valence-electron chi connectivity index (χ1n) is 7.91. The Labute approximate surface area is 139 Å². The van der Waals surface area contributed by atoms with Crippen molar-refractivity contribution in [1.82, 2.24) is 14.8 Å². The lowest BCUT2D eigenvalue weighted by Gasteiger charge is -2.32. The van der Waals surface area contributed by atoms with Gasteiger partial charge in [0.2, 0.25) is 11.9 Å². The summed E-state index contributed by atoms with van der Waals surface area (Å²) >= 11 is 0. The third-order valence-corrected chi connectivity index (χ3v) is 4.52. The summed E-state index contributed by atoms with van der Waals surface area (Å²) in [5, 5.41) is 7.71. The van der Waals surface area contributed by atoms with Crippen molar-refractivity contribution in [3.63, 3.8) is 0 Å². The third-order valence-electron chi connectivity index (χ3n) is 4.52. The molecule has 0 spiro atoms. The standard InChI is InChI=1S/C18H18FN5/c1-11-4-2-3-5-14(11)16-10-15(12-6-8-13(19)9-7-12)21-18-22-17(20)23-24(16)18/h2-9,15-16H,10H2,1H3,(H3,20,21,22,23)/t15-,16+/m0/s1. The summed E-state index contributed by atoms with van der Waals surface area (Å²) < 4.78 is 15.1. The summed E-state index contributed by atoms with van der Waals surface area (Å²) in [4.78, 5) is 4.29. The first kappa shape index (κ1) is 14.7. The molecule has 1 aliphatic heterocycles. The van der Waals surface area contributed by atoms with E-state index in [1.165, 1.54) is 23.3 Å². The van der Waals surface area contributed by atoms with E-state index in [2.05, 4.69) is 34.5 Å². The highest BCUT2D eigenvalue weighted by atomic mass is 19.1. The molecular formula is C18H18FN5. The molecule has 0 saturated heterocycles. The third kappa shape index (κ3) is 2.50. The Morgan fingerprint density at radius 3 is 2.67 bits per heavy atom. The molecule has 0 unspecified atom stereocenters. The van der Waals surface area contributed by atoms with Gasteiger partial charge in [0, 0.05) is 0 Å². The van der Waals surface area contributed by atoms with E-state index in [9.17, 15) is 4.39 Å². The van der Waals surface area contributed by atoms with E-state index < -0.39 is 0 Å². The predicted octanol–water partition coefficient (Wildman–Crippen LogP) is 3.45. The number of fused-ring (bicyclic) bond motifs is 1. The summed E-state index contributed by atoms with van der Waals surface area (Å²) in [7, 11) is 0. The maximum absolute atomic E-state index is 13.2. The lowest BCUT2D eigenvalue weighted by atomic mass is 9.91. The molecule has 0 fully saturated rings. The number of nitrogen functional groups attached to an aromatic ring is 1. The number of halogens is 1. The van der Waals surface area contributed by atoms with Gasteiger partial charge in [-0.15, -0.1) is 5.10 Å². The molecule has 0 aliphatic carbocycles. The molecule has 122 valence electrons. The SMILES string of the molecule is Cc1ccccc1[C@H]1C[C@@H](c2ccc(F)cc2)Nc2nc(N)nn21. The quantitative estimate of drug-likeness (QED) is 0.758. The van der Waals surface area contributed by atoms with Crippen molar-refractivity contribution in [3.05, 3.63) is 71.0 Å². The number of nitrogens with two attached hydrogens (primary N) is 1. The van der Waals surface area contributed by atoms with E-state index in [4.69, 9.17) is 5.73 Å². The van der Waals surface area contributed by atoms with Crippen molar-refractivity contribution in [1.29, 1.82) is 0 Å². The van der Waals surface area contributed by atoms with Crippen molar-refractivity contribution in [2.75, 3.05) is 11.1 Å². The molecule has 4 rings (SSSR count). The summed E-state index contributed by atoms with van der Waals surface area (Å²) in [5.74, 6) is 0.648. The van der Waals surface area contributed by atoms with Gasteiger partial charge in [0.05, 0.1) is 12.1 Å². The zero-order chi connectivity index (χ0) is 16.7. The lowest BCUT2D eigenvalue weighted by molar-refractivity contribution is 0.430. The van der Waals surface area contributed by atoms with E-state index in [-0.39, 0.29) is 23.8 Å². The molecule has 2 atom stereocenters. The van der Waals surface area contributed by atoms with Crippen LogP contribution in [-0.4, -0.2) is 14.8 Å². The van der Waals surface area contributed by atoms with Gasteiger partial charge in [-0.25, -0.2) is 9.07 Å². The second-order valence-corrected chi connectivity index (χ2v) is 6.09. The highest BCUT2D eigenvalue weighted by Crippen LogP contribution is 2.38. The van der Waals surface area contributed by atoms with Crippen LogP contribution in [0.25, 0.3) is 0 Å². The van der Waals surface area contributed by atoms with Gasteiger partial charge in [0.15, 0.2) is 0 Å². The fourth-order valence-electron chi connectivity index (χ4n) is 3.33. The Morgan fingerprint density at radius 2 is 1.92 bits per heavy atom. The number of rotatable bonds is 2. The lowest BCUT2D eigenvalue weighted by Crippen LogP contribution is -2.28. The number of hydrogen-bond donors (Lipinski definition) is 2. The molecule has 2 aromatic carbocycles. The summed E-state index contributed by atoms with van der Waals surface area (Å²) in [6.07, 6.45) is 0.784. The molecular weight excluding hydrogens is 305 g/mol. The average Bonchev–Trinajstić information content (AvgIpc) is 2.95. The monoisotopic (exact) mass is 323 g/mol. The molecule has 24 heavy (non-hydrogen) atoms. The molecule has 0 saturated carbocycles. The molecule has 0 radical (unpaired) electrons. The van der Waals surface area contributed by atoms with Crippen LogP contribution in [0.5, 0.6) is 0 Å². The summed E-state index contributed by atoms with van der Waals surface area (Å²) in [5.41, 5.74) is 9.21. The van der Waals surface area contributed by atoms with E-state index in [1.54, 1.807) is 12.1 Å². The molecule has 0 bridgehead atoms. The van der Waals surface area contributed by atoms with E-state index in [1.807, 2.05) is 16.8 Å². The van der Waals surface area contributed by atoms with Gasteiger partial charge in [-0.3, -0.25) is 0 Å². The van der Waals surface area contributed by atoms with Gasteiger partial charge in [-0.05, 0) is 42.2 Å². The topological polar surface area (TPSA) is 68.8 Å². The van der Waals surface area contributed by atoms with Crippen molar-refractivity contribution in [2.24, 2.45) is 0 Å². The Hall–Kier alpha value is -2.89. The van der Waals surface area contributed by atoms with Crippen LogP contribution in [0.1, 0.15) is 35.2 Å². The van der Waals surface area contributed by atoms with Crippen molar-refractivity contribution in [3.8, 4) is 0 Å². The Kier molecular flexibility index (Phi) is 3.45. The minimum atomic E-state index is -0.238. The van der Waals surface area contributed by atoms with E-state index >= 15 is 0 Å². The molecule has 1 aromatic heterocycles. The normalized spacial score (nSPS) is 19.6. The van der Waals surface area contributed by atoms with Crippen LogP contribution in [0.3, 0.4) is 0 Å². The van der Waals surface area contributed by atoms with Crippen molar-refractivity contribution >= 4 is 11.9 Å². The number of nitrogens with zero attached hydrogens (tertiary/aromatic N) is 3. The number of benzene rings is 2. The van der Waals surface area contributed by atoms with E-state index in [0.717, 1.165) is 12.0 Å². The summed E-state index contributed by atoms with van der Waals surface area (Å²) in [6.45, 7) is 2.09. The van der Waals surface area contributed by atoms with Crippen LogP contribution >= 0.6 is 0 Å². The first-order chi connectivity index (χ1) is 11.6. The molecule has 3 aromatic rings. The van der Waals surface area contributed by atoms with Gasteiger partial charge in [0.1, 0.15) is 5.82 Å². The smallest absolute Gasteiger partial charge is 0.241 e. The van der Waals surface area contributed by atoms with Gasteiger partial charge in [-0.1, -0.05) is 36.4 Å². The first-order valence-corrected chi connectivity index (χ1v) is 7.91. The van der Waals surface area contributed by atoms with Crippen LogP contribution in [-0.2, 0) is 0 Å². The predicted molar refractivity (Wildman–Crippen MR) is 91.1 cm³/mol. The highest BCUT2D eigenvalue weighted by molar-refractivity contribution is 5.42. The minimum absolute atomic E-state index is 0.0197. The number of nitrogens with one attached hydrogen (secondary N) is 1. The van der Waals surface area contributed by atoms with Gasteiger partial charge in [0.25, 0.3) is 0 Å². The molecule has 0 amide bonds. The Morgan fingerprint density at radius 1 is 1.17 bits per heavy atom. The van der Waals surface area contributed by atoms with Crippen molar-refractivity contribution in [2.45, 2.75) is 25.4 Å².